The molecule has 0 radical (unpaired) electrons. The predicted molar refractivity (Wildman–Crippen MR) is 142 cm³/mol. The van der Waals surface area contributed by atoms with Crippen molar-refractivity contribution in [3.8, 4) is 16.9 Å². The molecular weight excluding hydrogens is 481 g/mol. The van der Waals surface area contributed by atoms with Gasteiger partial charge in [0.2, 0.25) is 0 Å². The highest BCUT2D eigenvalue weighted by Gasteiger charge is 2.12. The molecular formula is C31H30ClF3O. The normalized spacial score (nSPS) is 11.2. The molecule has 0 saturated heterocycles. The van der Waals surface area contributed by atoms with Crippen LogP contribution in [0.1, 0.15) is 50.2 Å². The van der Waals surface area contributed by atoms with Crippen LogP contribution in [0.5, 0.6) is 5.75 Å². The van der Waals surface area contributed by atoms with Gasteiger partial charge in [-0.1, -0.05) is 74.5 Å². The molecule has 0 N–H and O–H groups in total. The minimum absolute atomic E-state index is 0.0721. The van der Waals surface area contributed by atoms with E-state index in [1.54, 1.807) is 42.5 Å². The summed E-state index contributed by atoms with van der Waals surface area (Å²) in [4.78, 5) is 0. The van der Waals surface area contributed by atoms with E-state index in [9.17, 15) is 8.78 Å². The van der Waals surface area contributed by atoms with Gasteiger partial charge in [-0.3, -0.25) is 0 Å². The van der Waals surface area contributed by atoms with Gasteiger partial charge >= 0.3 is 0 Å². The van der Waals surface area contributed by atoms with E-state index in [2.05, 4.69) is 6.92 Å². The van der Waals surface area contributed by atoms with Gasteiger partial charge < -0.3 is 4.74 Å². The van der Waals surface area contributed by atoms with Crippen LogP contribution in [-0.4, -0.2) is 6.61 Å². The van der Waals surface area contributed by atoms with Crippen LogP contribution in [0.15, 0.2) is 66.7 Å². The molecule has 0 aliphatic rings. The van der Waals surface area contributed by atoms with Crippen LogP contribution >= 0.6 is 11.6 Å². The number of rotatable bonds is 11. The quantitative estimate of drug-likeness (QED) is 0.182. The topological polar surface area (TPSA) is 9.23 Å². The maximum atomic E-state index is 15.2. The maximum absolute atomic E-state index is 15.2. The van der Waals surface area contributed by atoms with E-state index >= 15 is 4.39 Å². The fraction of sp³-hybridized carbons (Fsp3) is 0.290. The minimum atomic E-state index is -0.477. The second kappa shape index (κ2) is 12.3. The van der Waals surface area contributed by atoms with Crippen molar-refractivity contribution < 1.29 is 17.9 Å². The smallest absolute Gasteiger partial charge is 0.142 e. The molecule has 4 rings (SSSR count). The van der Waals surface area contributed by atoms with Crippen molar-refractivity contribution >= 4 is 22.4 Å². The van der Waals surface area contributed by atoms with E-state index in [0.717, 1.165) is 18.4 Å². The summed E-state index contributed by atoms with van der Waals surface area (Å²) in [6.45, 7) is 2.76. The van der Waals surface area contributed by atoms with Crippen molar-refractivity contribution in [1.29, 1.82) is 0 Å². The molecule has 0 saturated carbocycles. The first-order chi connectivity index (χ1) is 17.5. The van der Waals surface area contributed by atoms with E-state index in [1.807, 2.05) is 6.07 Å². The van der Waals surface area contributed by atoms with Gasteiger partial charge in [-0.05, 0) is 71.7 Å². The Morgan fingerprint density at radius 3 is 2.36 bits per heavy atom. The molecule has 1 nitrogen and oxygen atoms in total. The lowest BCUT2D eigenvalue weighted by molar-refractivity contribution is 0.303. The van der Waals surface area contributed by atoms with Gasteiger partial charge in [0.1, 0.15) is 23.2 Å². The summed E-state index contributed by atoms with van der Waals surface area (Å²) in [5.74, 6) is -0.638. The first-order valence-corrected chi connectivity index (χ1v) is 12.9. The summed E-state index contributed by atoms with van der Waals surface area (Å²) < 4.78 is 49.5. The Bertz CT molecular complexity index is 1340. The Morgan fingerprint density at radius 1 is 0.750 bits per heavy atom. The fourth-order valence-corrected chi connectivity index (χ4v) is 4.50. The Balaban J connectivity index is 1.45. The van der Waals surface area contributed by atoms with Crippen LogP contribution in [0.3, 0.4) is 0 Å². The number of unbranched alkanes of at least 4 members (excludes halogenated alkanes) is 4. The number of hydrogen-bond donors (Lipinski definition) is 0. The molecule has 0 aliphatic carbocycles. The van der Waals surface area contributed by atoms with E-state index in [1.165, 1.54) is 37.5 Å². The Labute approximate surface area is 215 Å². The molecule has 0 heterocycles. The highest BCUT2D eigenvalue weighted by atomic mass is 35.5. The zero-order valence-corrected chi connectivity index (χ0v) is 21.2. The van der Waals surface area contributed by atoms with Gasteiger partial charge in [-0.15, -0.1) is 0 Å². The van der Waals surface area contributed by atoms with Gasteiger partial charge in [0.25, 0.3) is 0 Å². The molecule has 0 atom stereocenters. The summed E-state index contributed by atoms with van der Waals surface area (Å²) in [7, 11) is 0. The second-order valence-electron chi connectivity index (χ2n) is 9.13. The van der Waals surface area contributed by atoms with Crippen molar-refractivity contribution in [1.82, 2.24) is 0 Å². The van der Waals surface area contributed by atoms with E-state index in [-0.39, 0.29) is 16.7 Å². The Morgan fingerprint density at radius 2 is 1.58 bits per heavy atom. The van der Waals surface area contributed by atoms with Crippen molar-refractivity contribution in [2.24, 2.45) is 0 Å². The van der Waals surface area contributed by atoms with Crippen LogP contribution in [0.4, 0.5) is 13.2 Å². The minimum Gasteiger partial charge on any atom is -0.493 e. The zero-order valence-electron chi connectivity index (χ0n) is 20.4. The summed E-state index contributed by atoms with van der Waals surface area (Å²) >= 11 is 5.74. The van der Waals surface area contributed by atoms with E-state index < -0.39 is 5.82 Å². The molecule has 0 aromatic heterocycles. The van der Waals surface area contributed by atoms with Gasteiger partial charge in [0.15, 0.2) is 0 Å². The molecule has 188 valence electrons. The third-order valence-corrected chi connectivity index (χ3v) is 6.78. The Kier molecular flexibility index (Phi) is 8.93. The van der Waals surface area contributed by atoms with Crippen LogP contribution in [0, 0.1) is 17.5 Å². The number of halogens is 4. The van der Waals surface area contributed by atoms with Crippen molar-refractivity contribution in [3.05, 3.63) is 100 Å². The van der Waals surface area contributed by atoms with Crippen LogP contribution in [0.25, 0.3) is 21.9 Å². The van der Waals surface area contributed by atoms with E-state index in [4.69, 9.17) is 16.3 Å². The molecule has 5 heteroatoms. The molecule has 0 fully saturated rings. The van der Waals surface area contributed by atoms with Crippen LogP contribution in [-0.2, 0) is 12.8 Å². The first kappa shape index (κ1) is 26.1. The molecule has 4 aromatic rings. The number of benzene rings is 4. The standard InChI is InChI=1S/C31H30ClF3O/c1-2-3-4-5-6-17-36-25-13-15-26(29(33)20-25)23-12-14-27-24(19-23)11-10-22(31(27)35)9-7-21-8-16-28(32)30(34)18-21/h8,10-16,18-20H,2-7,9,17H2,1H3. The lowest BCUT2D eigenvalue weighted by Crippen LogP contribution is -1.98. The Hall–Kier alpha value is -2.98. The lowest BCUT2D eigenvalue weighted by Gasteiger charge is -2.11. The predicted octanol–water partition coefficient (Wildman–Crippen LogP) is 9.71. The number of ether oxygens (including phenoxy) is 1. The van der Waals surface area contributed by atoms with Gasteiger partial charge in [0, 0.05) is 17.0 Å². The highest BCUT2D eigenvalue weighted by molar-refractivity contribution is 6.30. The van der Waals surface area contributed by atoms with Crippen LogP contribution in [0.2, 0.25) is 5.02 Å². The molecule has 36 heavy (non-hydrogen) atoms. The SMILES string of the molecule is CCCCCCCOc1ccc(-c2ccc3c(F)c(CCc4ccc(Cl)c(F)c4)ccc3c2)c(F)c1. The summed E-state index contributed by atoms with van der Waals surface area (Å²) in [5, 5.41) is 1.24. The van der Waals surface area contributed by atoms with Crippen LogP contribution < -0.4 is 4.74 Å². The monoisotopic (exact) mass is 510 g/mol. The van der Waals surface area contributed by atoms with Crippen molar-refractivity contribution in [2.45, 2.75) is 51.9 Å². The molecule has 0 aliphatic heterocycles. The average molecular weight is 511 g/mol. The summed E-state index contributed by atoms with van der Waals surface area (Å²) in [6.07, 6.45) is 6.61. The third kappa shape index (κ3) is 6.41. The molecule has 0 amide bonds. The molecule has 0 spiro atoms. The van der Waals surface area contributed by atoms with Gasteiger partial charge in [-0.2, -0.15) is 0 Å². The number of aryl methyl sites for hydroxylation is 2. The van der Waals surface area contributed by atoms with Crippen molar-refractivity contribution in [3.63, 3.8) is 0 Å². The average Bonchev–Trinajstić information content (AvgIpc) is 2.87. The summed E-state index contributed by atoms with van der Waals surface area (Å²) in [6, 6.07) is 18.3. The number of hydrogen-bond acceptors (Lipinski definition) is 1. The summed E-state index contributed by atoms with van der Waals surface area (Å²) in [5.41, 5.74) is 2.43. The highest BCUT2D eigenvalue weighted by Crippen LogP contribution is 2.31. The molecule has 0 bridgehead atoms. The first-order valence-electron chi connectivity index (χ1n) is 12.5. The zero-order chi connectivity index (χ0) is 25.5. The molecule has 0 unspecified atom stereocenters. The number of fused-ring (bicyclic) bond motifs is 1. The molecule has 4 aromatic carbocycles. The van der Waals surface area contributed by atoms with E-state index in [0.29, 0.717) is 52.7 Å². The maximum Gasteiger partial charge on any atom is 0.142 e. The second-order valence-corrected chi connectivity index (χ2v) is 9.53. The van der Waals surface area contributed by atoms with Crippen molar-refractivity contribution in [2.75, 3.05) is 6.61 Å². The lowest BCUT2D eigenvalue weighted by atomic mass is 9.97. The third-order valence-electron chi connectivity index (χ3n) is 6.47. The fourth-order valence-electron chi connectivity index (χ4n) is 4.39. The van der Waals surface area contributed by atoms with Gasteiger partial charge in [-0.25, -0.2) is 13.2 Å². The van der Waals surface area contributed by atoms with Gasteiger partial charge in [0.05, 0.1) is 11.6 Å². The largest absolute Gasteiger partial charge is 0.493 e.